The van der Waals surface area contributed by atoms with E-state index < -0.39 is 0 Å². The Labute approximate surface area is 110 Å². The Morgan fingerprint density at radius 3 is 2.89 bits per heavy atom. The summed E-state index contributed by atoms with van der Waals surface area (Å²) in [5.74, 6) is 0.514. The third-order valence-electron chi connectivity index (χ3n) is 2.22. The maximum atomic E-state index is 5.55. The summed E-state index contributed by atoms with van der Waals surface area (Å²) in [4.78, 5) is 0. The molecule has 1 heterocycles. The molecule has 0 radical (unpaired) electrons. The van der Waals surface area contributed by atoms with Crippen molar-refractivity contribution >= 4 is 11.8 Å². The highest BCUT2D eigenvalue weighted by molar-refractivity contribution is 7.99. The summed E-state index contributed by atoms with van der Waals surface area (Å²) in [6.07, 6.45) is 0. The van der Waals surface area contributed by atoms with Gasteiger partial charge >= 0.3 is 0 Å². The molecule has 2 N–H and O–H groups in total. The average molecular weight is 265 g/mol. The van der Waals surface area contributed by atoms with Crippen molar-refractivity contribution in [2.45, 2.75) is 18.3 Å². The van der Waals surface area contributed by atoms with Crippen molar-refractivity contribution in [2.24, 2.45) is 5.73 Å². The molecule has 6 nitrogen and oxygen atoms in total. The molecule has 0 aliphatic rings. The summed E-state index contributed by atoms with van der Waals surface area (Å²) in [6.45, 7) is 1.73. The van der Waals surface area contributed by atoms with Crippen molar-refractivity contribution in [3.05, 3.63) is 35.9 Å². The van der Waals surface area contributed by atoms with E-state index in [4.69, 9.17) is 10.5 Å². The minimum atomic E-state index is 0.514. The van der Waals surface area contributed by atoms with Crippen molar-refractivity contribution in [1.29, 1.82) is 0 Å². The van der Waals surface area contributed by atoms with E-state index in [1.807, 2.05) is 30.3 Å². The molecule has 18 heavy (non-hydrogen) atoms. The van der Waals surface area contributed by atoms with Gasteiger partial charge < -0.3 is 10.5 Å². The first-order valence-corrected chi connectivity index (χ1v) is 6.59. The second-order valence-corrected chi connectivity index (χ2v) is 4.46. The van der Waals surface area contributed by atoms with Crippen LogP contribution in [0.25, 0.3) is 0 Å². The molecular formula is C11H15N5OS. The Kier molecular flexibility index (Phi) is 5.13. The molecular weight excluding hydrogens is 250 g/mol. The second kappa shape index (κ2) is 7.10. The maximum Gasteiger partial charge on any atom is 0.211 e. The zero-order valence-corrected chi connectivity index (χ0v) is 10.7. The van der Waals surface area contributed by atoms with Gasteiger partial charge in [-0.15, -0.1) is 5.10 Å². The fourth-order valence-corrected chi connectivity index (χ4v) is 2.03. The molecule has 0 bridgehead atoms. The van der Waals surface area contributed by atoms with Gasteiger partial charge in [0, 0.05) is 6.54 Å². The van der Waals surface area contributed by atoms with Crippen LogP contribution in [0.15, 0.2) is 35.5 Å². The van der Waals surface area contributed by atoms with Crippen molar-refractivity contribution in [1.82, 2.24) is 20.2 Å². The number of hydrogen-bond donors (Lipinski definition) is 1. The highest BCUT2D eigenvalue weighted by atomic mass is 32.2. The summed E-state index contributed by atoms with van der Waals surface area (Å²) >= 11 is 1.46. The monoisotopic (exact) mass is 265 g/mol. The van der Waals surface area contributed by atoms with E-state index in [2.05, 4.69) is 15.5 Å². The van der Waals surface area contributed by atoms with Gasteiger partial charge in [0.15, 0.2) is 0 Å². The molecule has 7 heteroatoms. The number of ether oxygens (including phenoxy) is 1. The fourth-order valence-electron chi connectivity index (χ4n) is 1.39. The highest BCUT2D eigenvalue weighted by Crippen LogP contribution is 2.14. The van der Waals surface area contributed by atoms with Crippen molar-refractivity contribution in [3.8, 4) is 0 Å². The van der Waals surface area contributed by atoms with Gasteiger partial charge in [0.25, 0.3) is 0 Å². The minimum Gasteiger partial charge on any atom is -0.366 e. The minimum absolute atomic E-state index is 0.514. The average Bonchev–Trinajstić information content (AvgIpc) is 2.84. The molecule has 96 valence electrons. The SMILES string of the molecule is NCCn1nnnc1SCOCc1ccccc1. The molecule has 0 atom stereocenters. The fraction of sp³-hybridized carbons (Fsp3) is 0.364. The number of aromatic nitrogens is 4. The number of hydrogen-bond acceptors (Lipinski definition) is 6. The van der Waals surface area contributed by atoms with Crippen LogP contribution in [-0.2, 0) is 17.9 Å². The van der Waals surface area contributed by atoms with E-state index in [0.717, 1.165) is 10.7 Å². The van der Waals surface area contributed by atoms with Crippen LogP contribution in [0.4, 0.5) is 0 Å². The normalized spacial score (nSPS) is 10.7. The Bertz CT molecular complexity index is 461. The molecule has 0 aliphatic heterocycles. The third-order valence-corrected chi connectivity index (χ3v) is 3.06. The van der Waals surface area contributed by atoms with Crippen LogP contribution in [0.3, 0.4) is 0 Å². The van der Waals surface area contributed by atoms with E-state index in [1.165, 1.54) is 11.8 Å². The predicted molar refractivity (Wildman–Crippen MR) is 68.8 cm³/mol. The standard InChI is InChI=1S/C11H15N5OS/c12-6-7-16-11(13-14-15-16)18-9-17-8-10-4-2-1-3-5-10/h1-5H,6-9,12H2. The van der Waals surface area contributed by atoms with Gasteiger partial charge in [-0.3, -0.25) is 0 Å². The quantitative estimate of drug-likeness (QED) is 0.455. The van der Waals surface area contributed by atoms with Crippen LogP contribution < -0.4 is 5.73 Å². The molecule has 1 aromatic carbocycles. The second-order valence-electron chi connectivity index (χ2n) is 3.57. The zero-order chi connectivity index (χ0) is 12.6. The lowest BCUT2D eigenvalue weighted by Crippen LogP contribution is -2.12. The van der Waals surface area contributed by atoms with Crippen LogP contribution in [0.2, 0.25) is 0 Å². The van der Waals surface area contributed by atoms with Crippen LogP contribution >= 0.6 is 11.8 Å². The lowest BCUT2D eigenvalue weighted by Gasteiger charge is -2.04. The van der Waals surface area contributed by atoms with E-state index in [9.17, 15) is 0 Å². The Morgan fingerprint density at radius 1 is 1.28 bits per heavy atom. The summed E-state index contributed by atoms with van der Waals surface area (Å²) in [5.41, 5.74) is 6.62. The molecule has 0 unspecified atom stereocenters. The van der Waals surface area contributed by atoms with Gasteiger partial charge in [-0.1, -0.05) is 42.1 Å². The largest absolute Gasteiger partial charge is 0.366 e. The summed E-state index contributed by atoms with van der Waals surface area (Å²) in [6, 6.07) is 10.0. The smallest absolute Gasteiger partial charge is 0.211 e. The van der Waals surface area contributed by atoms with Gasteiger partial charge in [0.1, 0.15) is 5.94 Å². The lowest BCUT2D eigenvalue weighted by atomic mass is 10.2. The molecule has 0 aliphatic carbocycles. The van der Waals surface area contributed by atoms with Crippen molar-refractivity contribution in [2.75, 3.05) is 12.5 Å². The van der Waals surface area contributed by atoms with E-state index in [-0.39, 0.29) is 0 Å². The number of thioether (sulfide) groups is 1. The first-order chi connectivity index (χ1) is 8.90. The molecule has 0 saturated heterocycles. The zero-order valence-electron chi connectivity index (χ0n) is 9.90. The third kappa shape index (κ3) is 3.80. The molecule has 0 amide bonds. The molecule has 1 aromatic heterocycles. The first kappa shape index (κ1) is 13.0. The first-order valence-electron chi connectivity index (χ1n) is 5.61. The molecule has 0 spiro atoms. The van der Waals surface area contributed by atoms with Gasteiger partial charge in [-0.25, -0.2) is 4.68 Å². The van der Waals surface area contributed by atoms with Gasteiger partial charge in [-0.2, -0.15) is 0 Å². The van der Waals surface area contributed by atoms with E-state index >= 15 is 0 Å². The lowest BCUT2D eigenvalue weighted by molar-refractivity contribution is 0.169. The number of benzene rings is 1. The van der Waals surface area contributed by atoms with Crippen LogP contribution in [0, 0.1) is 0 Å². The molecule has 0 fully saturated rings. The highest BCUT2D eigenvalue weighted by Gasteiger charge is 2.05. The summed E-state index contributed by atoms with van der Waals surface area (Å²) in [7, 11) is 0. The Balaban J connectivity index is 1.73. The summed E-state index contributed by atoms with van der Waals surface area (Å²) in [5, 5.41) is 12.1. The Morgan fingerprint density at radius 2 is 2.11 bits per heavy atom. The number of rotatable bonds is 7. The van der Waals surface area contributed by atoms with Gasteiger partial charge in [0.05, 0.1) is 13.2 Å². The topological polar surface area (TPSA) is 78.9 Å². The molecule has 2 rings (SSSR count). The van der Waals surface area contributed by atoms with Crippen LogP contribution in [0.1, 0.15) is 5.56 Å². The van der Waals surface area contributed by atoms with Crippen LogP contribution in [0.5, 0.6) is 0 Å². The predicted octanol–water partition coefficient (Wildman–Crippen LogP) is 0.898. The van der Waals surface area contributed by atoms with E-state index in [1.54, 1.807) is 4.68 Å². The Hall–Kier alpha value is -1.44. The maximum absolute atomic E-state index is 5.55. The van der Waals surface area contributed by atoms with Crippen molar-refractivity contribution in [3.63, 3.8) is 0 Å². The molecule has 2 aromatic rings. The summed E-state index contributed by atoms with van der Waals surface area (Å²) < 4.78 is 7.23. The number of nitrogens with zero attached hydrogens (tertiary/aromatic N) is 4. The van der Waals surface area contributed by atoms with E-state index in [0.29, 0.717) is 25.6 Å². The van der Waals surface area contributed by atoms with Gasteiger partial charge in [0.2, 0.25) is 5.16 Å². The van der Waals surface area contributed by atoms with Gasteiger partial charge in [-0.05, 0) is 16.0 Å². The molecule has 0 saturated carbocycles. The van der Waals surface area contributed by atoms with Crippen LogP contribution in [-0.4, -0.2) is 32.7 Å². The number of tetrazole rings is 1. The van der Waals surface area contributed by atoms with Crippen molar-refractivity contribution < 1.29 is 4.74 Å². The number of nitrogens with two attached hydrogens (primary N) is 1.